The predicted molar refractivity (Wildman–Crippen MR) is 104 cm³/mol. The van der Waals surface area contributed by atoms with Gasteiger partial charge in [-0.05, 0) is 43.3 Å². The second-order valence-corrected chi connectivity index (χ2v) is 8.14. The van der Waals surface area contributed by atoms with Crippen LogP contribution in [-0.2, 0) is 13.0 Å². The Labute approximate surface area is 163 Å². The fraction of sp³-hybridized carbons (Fsp3) is 0.222. The number of hydrogen-bond donors (Lipinski definition) is 0. The number of nitrogens with zero attached hydrogens (tertiary/aromatic N) is 5. The molecular weight excluding hydrogens is 414 g/mol. The number of rotatable bonds is 6. The van der Waals surface area contributed by atoms with Crippen LogP contribution in [0.1, 0.15) is 23.9 Å². The number of benzene rings is 2. The van der Waals surface area contributed by atoms with Crippen LogP contribution in [0.5, 0.6) is 0 Å². The summed E-state index contributed by atoms with van der Waals surface area (Å²) in [5.74, 6) is 1.32. The maximum absolute atomic E-state index is 5.44. The van der Waals surface area contributed by atoms with Crippen LogP contribution < -0.4 is 0 Å². The lowest BCUT2D eigenvalue weighted by Crippen LogP contribution is -2.04. The molecule has 2 heterocycles. The van der Waals surface area contributed by atoms with Crippen molar-refractivity contribution in [1.29, 1.82) is 0 Å². The molecule has 0 bridgehead atoms. The Morgan fingerprint density at radius 2 is 1.96 bits per heavy atom. The highest BCUT2D eigenvalue weighted by Crippen LogP contribution is 2.34. The van der Waals surface area contributed by atoms with E-state index in [0.29, 0.717) is 24.7 Å². The van der Waals surface area contributed by atoms with Gasteiger partial charge in [0.1, 0.15) is 5.52 Å². The SMILES string of the molecule is C[C@@H](Sc1ccc(Br)cc1)c1nc(CCn2nnc3ccccc32)no1. The molecule has 0 radical (unpaired) electrons. The number of hydrogen-bond acceptors (Lipinski definition) is 6. The van der Waals surface area contributed by atoms with E-state index in [9.17, 15) is 0 Å². The second kappa shape index (κ2) is 7.59. The van der Waals surface area contributed by atoms with Gasteiger partial charge in [0, 0.05) is 15.8 Å². The van der Waals surface area contributed by atoms with Crippen molar-refractivity contribution in [3.63, 3.8) is 0 Å². The number of para-hydroxylation sites is 1. The number of aryl methyl sites for hydroxylation is 2. The Morgan fingerprint density at radius 1 is 1.15 bits per heavy atom. The van der Waals surface area contributed by atoms with E-state index in [-0.39, 0.29) is 5.25 Å². The van der Waals surface area contributed by atoms with E-state index in [1.807, 2.05) is 41.1 Å². The molecule has 2 aromatic heterocycles. The molecule has 8 heteroatoms. The van der Waals surface area contributed by atoms with Crippen molar-refractivity contribution in [2.75, 3.05) is 0 Å². The average molecular weight is 430 g/mol. The zero-order chi connectivity index (χ0) is 17.9. The Morgan fingerprint density at radius 3 is 2.81 bits per heavy atom. The van der Waals surface area contributed by atoms with Crippen LogP contribution in [0.25, 0.3) is 11.0 Å². The first kappa shape index (κ1) is 17.2. The molecule has 132 valence electrons. The molecule has 0 N–H and O–H groups in total. The zero-order valence-corrected chi connectivity index (χ0v) is 16.4. The van der Waals surface area contributed by atoms with Gasteiger partial charge in [-0.25, -0.2) is 4.68 Å². The standard InChI is InChI=1S/C18H16BrN5OS/c1-12(26-14-8-6-13(19)7-9-14)18-20-17(22-25-18)10-11-24-16-5-3-2-4-15(16)21-23-24/h2-9,12H,10-11H2,1H3/t12-/m1/s1. The van der Waals surface area contributed by atoms with Gasteiger partial charge in [0.05, 0.1) is 17.3 Å². The Balaban J connectivity index is 1.40. The van der Waals surface area contributed by atoms with Gasteiger partial charge in [-0.1, -0.05) is 38.4 Å². The van der Waals surface area contributed by atoms with Gasteiger partial charge in [-0.2, -0.15) is 4.98 Å². The van der Waals surface area contributed by atoms with E-state index in [1.54, 1.807) is 11.8 Å². The molecule has 0 aliphatic heterocycles. The first-order chi connectivity index (χ1) is 12.7. The van der Waals surface area contributed by atoms with Crippen molar-refractivity contribution in [1.82, 2.24) is 25.1 Å². The van der Waals surface area contributed by atoms with Crippen molar-refractivity contribution in [2.45, 2.75) is 30.0 Å². The van der Waals surface area contributed by atoms with E-state index in [4.69, 9.17) is 4.52 Å². The minimum atomic E-state index is 0.0876. The van der Waals surface area contributed by atoms with Gasteiger partial charge in [-0.15, -0.1) is 16.9 Å². The summed E-state index contributed by atoms with van der Waals surface area (Å²) in [7, 11) is 0. The molecule has 1 atom stereocenters. The summed E-state index contributed by atoms with van der Waals surface area (Å²) in [6.45, 7) is 2.72. The zero-order valence-electron chi connectivity index (χ0n) is 14.0. The predicted octanol–water partition coefficient (Wildman–Crippen LogP) is 4.67. The van der Waals surface area contributed by atoms with E-state index in [2.05, 4.69) is 55.4 Å². The van der Waals surface area contributed by atoms with Crippen LogP contribution in [0.2, 0.25) is 0 Å². The van der Waals surface area contributed by atoms with Gasteiger partial charge >= 0.3 is 0 Å². The molecule has 0 fully saturated rings. The molecule has 0 saturated carbocycles. The van der Waals surface area contributed by atoms with Gasteiger partial charge in [0.15, 0.2) is 5.82 Å². The summed E-state index contributed by atoms with van der Waals surface area (Å²) in [5.41, 5.74) is 1.90. The molecule has 26 heavy (non-hydrogen) atoms. The summed E-state index contributed by atoms with van der Waals surface area (Å²) in [6, 6.07) is 16.1. The molecule has 4 rings (SSSR count). The second-order valence-electron chi connectivity index (χ2n) is 5.81. The van der Waals surface area contributed by atoms with Gasteiger partial charge < -0.3 is 4.52 Å². The largest absolute Gasteiger partial charge is 0.338 e. The van der Waals surface area contributed by atoms with Crippen LogP contribution in [0.15, 0.2) is 62.4 Å². The molecule has 0 saturated heterocycles. The minimum Gasteiger partial charge on any atom is -0.338 e. The Hall–Kier alpha value is -2.19. The molecule has 4 aromatic rings. The van der Waals surface area contributed by atoms with Crippen molar-refractivity contribution < 1.29 is 4.52 Å². The third-order valence-electron chi connectivity index (χ3n) is 3.93. The summed E-state index contributed by atoms with van der Waals surface area (Å²) >= 11 is 5.14. The van der Waals surface area contributed by atoms with E-state index in [1.165, 1.54) is 0 Å². The summed E-state index contributed by atoms with van der Waals surface area (Å²) in [6.07, 6.45) is 0.645. The maximum atomic E-state index is 5.44. The van der Waals surface area contributed by atoms with E-state index in [0.717, 1.165) is 20.4 Å². The topological polar surface area (TPSA) is 69.6 Å². The average Bonchev–Trinajstić information content (AvgIpc) is 3.29. The normalized spacial score (nSPS) is 12.5. The molecule has 0 amide bonds. The highest BCUT2D eigenvalue weighted by atomic mass is 79.9. The number of halogens is 1. The lowest BCUT2D eigenvalue weighted by molar-refractivity contribution is 0.373. The van der Waals surface area contributed by atoms with E-state index >= 15 is 0 Å². The fourth-order valence-corrected chi connectivity index (χ4v) is 3.75. The molecule has 0 aliphatic carbocycles. The molecule has 6 nitrogen and oxygen atoms in total. The molecule has 0 aliphatic rings. The van der Waals surface area contributed by atoms with Crippen LogP contribution in [0.4, 0.5) is 0 Å². The number of aromatic nitrogens is 5. The summed E-state index contributed by atoms with van der Waals surface area (Å²) in [4.78, 5) is 5.70. The first-order valence-corrected chi connectivity index (χ1v) is 9.89. The van der Waals surface area contributed by atoms with Crippen molar-refractivity contribution >= 4 is 38.7 Å². The third-order valence-corrected chi connectivity index (χ3v) is 5.55. The molecule has 2 aromatic carbocycles. The van der Waals surface area contributed by atoms with Crippen LogP contribution in [0, 0.1) is 0 Å². The first-order valence-electron chi connectivity index (χ1n) is 8.22. The van der Waals surface area contributed by atoms with Crippen LogP contribution in [0.3, 0.4) is 0 Å². The lowest BCUT2D eigenvalue weighted by Gasteiger charge is -2.06. The van der Waals surface area contributed by atoms with Gasteiger partial charge in [0.2, 0.25) is 5.89 Å². The lowest BCUT2D eigenvalue weighted by atomic mass is 10.3. The highest BCUT2D eigenvalue weighted by Gasteiger charge is 2.16. The van der Waals surface area contributed by atoms with E-state index < -0.39 is 0 Å². The van der Waals surface area contributed by atoms with Gasteiger partial charge in [-0.3, -0.25) is 0 Å². The van der Waals surface area contributed by atoms with Crippen LogP contribution >= 0.6 is 27.7 Å². The van der Waals surface area contributed by atoms with Crippen molar-refractivity contribution in [3.8, 4) is 0 Å². The molecular formula is C18H16BrN5OS. The quantitative estimate of drug-likeness (QED) is 0.414. The minimum absolute atomic E-state index is 0.0876. The maximum Gasteiger partial charge on any atom is 0.239 e. The molecule has 0 spiro atoms. The third kappa shape index (κ3) is 3.81. The number of fused-ring (bicyclic) bond motifs is 1. The summed E-state index contributed by atoms with van der Waals surface area (Å²) in [5, 5.41) is 12.5. The molecule has 0 unspecified atom stereocenters. The van der Waals surface area contributed by atoms with Crippen LogP contribution in [-0.4, -0.2) is 25.1 Å². The van der Waals surface area contributed by atoms with Crippen molar-refractivity contribution in [3.05, 3.63) is 64.7 Å². The fourth-order valence-electron chi connectivity index (χ4n) is 2.59. The number of thioether (sulfide) groups is 1. The monoisotopic (exact) mass is 429 g/mol. The van der Waals surface area contributed by atoms with Crippen molar-refractivity contribution in [2.24, 2.45) is 0 Å². The summed E-state index contributed by atoms with van der Waals surface area (Å²) < 4.78 is 8.37. The Bertz CT molecular complexity index is 1010. The Kier molecular flexibility index (Phi) is 5.03. The smallest absolute Gasteiger partial charge is 0.239 e. The highest BCUT2D eigenvalue weighted by molar-refractivity contribution is 9.10. The van der Waals surface area contributed by atoms with Gasteiger partial charge in [0.25, 0.3) is 0 Å².